The van der Waals surface area contributed by atoms with Crippen molar-refractivity contribution in [1.29, 1.82) is 0 Å². The summed E-state index contributed by atoms with van der Waals surface area (Å²) in [7, 11) is -4.63. The van der Waals surface area contributed by atoms with Crippen LogP contribution < -0.4 is 0 Å². The monoisotopic (exact) mass is 192 g/mol. The molecule has 12 heavy (non-hydrogen) atoms. The molecule has 0 N–H and O–H groups in total. The van der Waals surface area contributed by atoms with Crippen molar-refractivity contribution in [3.63, 3.8) is 0 Å². The SMILES string of the molecule is CC(C)n1cncc1S(=O)(=O)F. The highest BCUT2D eigenvalue weighted by Gasteiger charge is 2.18. The van der Waals surface area contributed by atoms with Crippen LogP contribution in [-0.4, -0.2) is 18.0 Å². The van der Waals surface area contributed by atoms with Crippen molar-refractivity contribution in [1.82, 2.24) is 9.55 Å². The largest absolute Gasteiger partial charge is 0.349 e. The molecule has 0 aliphatic heterocycles. The molecule has 0 aliphatic carbocycles. The number of hydrogen-bond acceptors (Lipinski definition) is 3. The van der Waals surface area contributed by atoms with E-state index in [9.17, 15) is 12.3 Å². The summed E-state index contributed by atoms with van der Waals surface area (Å²) in [5, 5.41) is -0.391. The zero-order chi connectivity index (χ0) is 9.35. The first-order chi connectivity index (χ1) is 5.43. The Hall–Kier alpha value is -0.910. The highest BCUT2D eigenvalue weighted by Crippen LogP contribution is 2.15. The van der Waals surface area contributed by atoms with Crippen LogP contribution in [0.25, 0.3) is 0 Å². The van der Waals surface area contributed by atoms with Crippen molar-refractivity contribution in [2.45, 2.75) is 24.9 Å². The van der Waals surface area contributed by atoms with E-state index in [4.69, 9.17) is 0 Å². The predicted molar refractivity (Wildman–Crippen MR) is 40.9 cm³/mol. The summed E-state index contributed by atoms with van der Waals surface area (Å²) >= 11 is 0. The Morgan fingerprint density at radius 1 is 1.58 bits per heavy atom. The Morgan fingerprint density at radius 2 is 2.17 bits per heavy atom. The van der Waals surface area contributed by atoms with Crippen LogP contribution in [0.4, 0.5) is 3.89 Å². The number of rotatable bonds is 2. The van der Waals surface area contributed by atoms with Gasteiger partial charge in [0.15, 0.2) is 5.03 Å². The lowest BCUT2D eigenvalue weighted by atomic mass is 10.4. The van der Waals surface area contributed by atoms with Gasteiger partial charge in [0.1, 0.15) is 0 Å². The minimum Gasteiger partial charge on any atom is -0.317 e. The van der Waals surface area contributed by atoms with Crippen LogP contribution in [0.5, 0.6) is 0 Å². The number of halogens is 1. The second kappa shape index (κ2) is 2.85. The van der Waals surface area contributed by atoms with Gasteiger partial charge in [-0.3, -0.25) is 0 Å². The van der Waals surface area contributed by atoms with E-state index in [-0.39, 0.29) is 6.04 Å². The third kappa shape index (κ3) is 1.63. The van der Waals surface area contributed by atoms with Crippen LogP contribution in [-0.2, 0) is 10.2 Å². The lowest BCUT2D eigenvalue weighted by Gasteiger charge is -2.07. The van der Waals surface area contributed by atoms with E-state index in [1.54, 1.807) is 13.8 Å². The first-order valence-electron chi connectivity index (χ1n) is 3.39. The molecule has 0 spiro atoms. The van der Waals surface area contributed by atoms with Crippen molar-refractivity contribution in [2.75, 3.05) is 0 Å². The van der Waals surface area contributed by atoms with E-state index in [1.807, 2.05) is 0 Å². The first kappa shape index (κ1) is 9.18. The lowest BCUT2D eigenvalue weighted by Crippen LogP contribution is -2.06. The van der Waals surface area contributed by atoms with Crippen molar-refractivity contribution in [3.8, 4) is 0 Å². The quantitative estimate of drug-likeness (QED) is 0.660. The van der Waals surface area contributed by atoms with Gasteiger partial charge in [-0.05, 0) is 13.8 Å². The minimum atomic E-state index is -4.63. The fourth-order valence-electron chi connectivity index (χ4n) is 0.869. The molecule has 0 amide bonds. The fraction of sp³-hybridized carbons (Fsp3) is 0.500. The summed E-state index contributed by atoms with van der Waals surface area (Å²) in [6.45, 7) is 3.49. The fourth-order valence-corrected chi connectivity index (χ4v) is 1.57. The van der Waals surface area contributed by atoms with E-state index in [1.165, 1.54) is 10.9 Å². The van der Waals surface area contributed by atoms with Gasteiger partial charge in [-0.1, -0.05) is 3.89 Å². The predicted octanol–water partition coefficient (Wildman–Crippen LogP) is 1.12. The van der Waals surface area contributed by atoms with E-state index in [2.05, 4.69) is 4.98 Å². The average molecular weight is 192 g/mol. The molecule has 1 rings (SSSR count). The summed E-state index contributed by atoms with van der Waals surface area (Å²) in [5.74, 6) is 0. The third-order valence-corrected chi connectivity index (χ3v) is 2.25. The zero-order valence-corrected chi connectivity index (χ0v) is 7.55. The maximum Gasteiger partial charge on any atom is 0.349 e. The summed E-state index contributed by atoms with van der Waals surface area (Å²) in [6, 6.07) is -0.118. The average Bonchev–Trinajstić information content (AvgIpc) is 2.30. The van der Waals surface area contributed by atoms with E-state index in [0.717, 1.165) is 6.20 Å². The van der Waals surface area contributed by atoms with Gasteiger partial charge in [-0.15, -0.1) is 0 Å². The van der Waals surface area contributed by atoms with Gasteiger partial charge in [0.25, 0.3) is 0 Å². The highest BCUT2D eigenvalue weighted by molar-refractivity contribution is 7.86. The van der Waals surface area contributed by atoms with Crippen molar-refractivity contribution in [3.05, 3.63) is 12.5 Å². The number of nitrogens with zero attached hydrogens (tertiary/aromatic N) is 2. The molecule has 0 aromatic carbocycles. The summed E-state index contributed by atoms with van der Waals surface area (Å²) in [5.41, 5.74) is 0. The molecule has 68 valence electrons. The minimum absolute atomic E-state index is 0.118. The Balaban J connectivity index is 3.26. The van der Waals surface area contributed by atoms with Gasteiger partial charge < -0.3 is 4.57 Å². The molecule has 6 heteroatoms. The highest BCUT2D eigenvalue weighted by atomic mass is 32.3. The number of aromatic nitrogens is 2. The van der Waals surface area contributed by atoms with Gasteiger partial charge in [0.05, 0.1) is 12.5 Å². The third-order valence-electron chi connectivity index (χ3n) is 1.44. The van der Waals surface area contributed by atoms with Gasteiger partial charge >= 0.3 is 10.2 Å². The maximum atomic E-state index is 12.5. The number of imidazole rings is 1. The van der Waals surface area contributed by atoms with Gasteiger partial charge in [0.2, 0.25) is 0 Å². The molecule has 0 saturated heterocycles. The molecule has 0 radical (unpaired) electrons. The van der Waals surface area contributed by atoms with Crippen molar-refractivity contribution >= 4 is 10.2 Å². The van der Waals surface area contributed by atoms with Crippen molar-refractivity contribution in [2.24, 2.45) is 0 Å². The van der Waals surface area contributed by atoms with Crippen LogP contribution in [0.3, 0.4) is 0 Å². The van der Waals surface area contributed by atoms with E-state index >= 15 is 0 Å². The molecule has 4 nitrogen and oxygen atoms in total. The summed E-state index contributed by atoms with van der Waals surface area (Å²) in [4.78, 5) is 3.55. The zero-order valence-electron chi connectivity index (χ0n) is 6.73. The van der Waals surface area contributed by atoms with E-state index in [0.29, 0.717) is 0 Å². The Morgan fingerprint density at radius 3 is 2.50 bits per heavy atom. The standard InChI is InChI=1S/C6H9FN2O2S/c1-5(2)9-4-8-3-6(9)12(7,10)11/h3-5H,1-2H3. The molecule has 0 unspecified atom stereocenters. The second-order valence-corrected chi connectivity index (χ2v) is 3.96. The molecular weight excluding hydrogens is 183 g/mol. The van der Waals surface area contributed by atoms with Gasteiger partial charge in [-0.25, -0.2) is 4.98 Å². The molecule has 0 fully saturated rings. The molecule has 0 saturated carbocycles. The molecule has 0 bridgehead atoms. The molecule has 1 aromatic rings. The smallest absolute Gasteiger partial charge is 0.317 e. The van der Waals surface area contributed by atoms with Crippen LogP contribution in [0.1, 0.15) is 19.9 Å². The molecule has 1 aromatic heterocycles. The Kier molecular flexibility index (Phi) is 2.18. The first-order valence-corrected chi connectivity index (χ1v) is 4.78. The Bertz CT molecular complexity index is 369. The van der Waals surface area contributed by atoms with Crippen LogP contribution in [0.2, 0.25) is 0 Å². The Labute approximate surface area is 70.3 Å². The number of hydrogen-bond donors (Lipinski definition) is 0. The molecule has 0 atom stereocenters. The normalized spacial score (nSPS) is 12.3. The van der Waals surface area contributed by atoms with E-state index < -0.39 is 15.2 Å². The van der Waals surface area contributed by atoms with Crippen LogP contribution in [0, 0.1) is 0 Å². The van der Waals surface area contributed by atoms with Gasteiger partial charge in [0, 0.05) is 6.04 Å². The van der Waals surface area contributed by atoms with Crippen molar-refractivity contribution < 1.29 is 12.3 Å². The molecule has 0 aliphatic rings. The summed E-state index contributed by atoms with van der Waals surface area (Å²) < 4.78 is 34.7. The topological polar surface area (TPSA) is 52.0 Å². The van der Waals surface area contributed by atoms with Gasteiger partial charge in [-0.2, -0.15) is 8.42 Å². The second-order valence-electron chi connectivity index (χ2n) is 2.67. The van der Waals surface area contributed by atoms with Crippen LogP contribution >= 0.6 is 0 Å². The molecule has 1 heterocycles. The maximum absolute atomic E-state index is 12.5. The summed E-state index contributed by atoms with van der Waals surface area (Å²) in [6.07, 6.45) is 2.28. The van der Waals surface area contributed by atoms with Crippen LogP contribution in [0.15, 0.2) is 17.6 Å². The lowest BCUT2D eigenvalue weighted by molar-refractivity contribution is 0.507. The molecular formula is C6H9FN2O2S.